The van der Waals surface area contributed by atoms with Gasteiger partial charge in [-0.15, -0.1) is 0 Å². The fraction of sp³-hybridized carbons (Fsp3) is 0.105. The summed E-state index contributed by atoms with van der Waals surface area (Å²) in [7, 11) is 0. The first kappa shape index (κ1) is 18.0. The predicted molar refractivity (Wildman–Crippen MR) is 97.4 cm³/mol. The molecule has 0 saturated heterocycles. The SMILES string of the molecule is NC(=O)C(=O)C(Cc1ccccc1)NC(=O)c1n[nH]nc1-c1ccccc1. The number of aromatic nitrogens is 3. The number of ketones is 1. The van der Waals surface area contributed by atoms with Crippen molar-refractivity contribution in [3.05, 3.63) is 71.9 Å². The van der Waals surface area contributed by atoms with E-state index in [-0.39, 0.29) is 12.1 Å². The lowest BCUT2D eigenvalue weighted by molar-refractivity contribution is -0.137. The molecule has 3 rings (SSSR count). The van der Waals surface area contributed by atoms with Gasteiger partial charge in [-0.3, -0.25) is 14.4 Å². The molecule has 8 nitrogen and oxygen atoms in total. The number of H-pyrrole nitrogens is 1. The van der Waals surface area contributed by atoms with Crippen molar-refractivity contribution in [2.75, 3.05) is 0 Å². The number of nitrogens with one attached hydrogen (secondary N) is 2. The predicted octanol–water partition coefficient (Wildman–Crippen LogP) is 0.867. The van der Waals surface area contributed by atoms with Crippen molar-refractivity contribution in [2.45, 2.75) is 12.5 Å². The van der Waals surface area contributed by atoms with Crippen LogP contribution in [-0.2, 0) is 16.0 Å². The van der Waals surface area contributed by atoms with E-state index in [2.05, 4.69) is 20.7 Å². The highest BCUT2D eigenvalue weighted by molar-refractivity contribution is 6.38. The molecule has 1 aromatic heterocycles. The van der Waals surface area contributed by atoms with Crippen molar-refractivity contribution in [1.29, 1.82) is 0 Å². The van der Waals surface area contributed by atoms with Crippen molar-refractivity contribution in [2.24, 2.45) is 5.73 Å². The second-order valence-electron chi connectivity index (χ2n) is 5.83. The zero-order chi connectivity index (χ0) is 19.2. The fourth-order valence-electron chi connectivity index (χ4n) is 2.64. The first-order valence-electron chi connectivity index (χ1n) is 8.21. The summed E-state index contributed by atoms with van der Waals surface area (Å²) in [6.45, 7) is 0. The highest BCUT2D eigenvalue weighted by Crippen LogP contribution is 2.19. The number of nitrogens with zero attached hydrogens (tertiary/aromatic N) is 2. The molecule has 27 heavy (non-hydrogen) atoms. The molecule has 3 aromatic rings. The standard InChI is InChI=1S/C19H17N5O3/c20-18(26)17(25)14(11-12-7-3-1-4-8-12)21-19(27)16-15(22-24-23-16)13-9-5-2-6-10-13/h1-10,14H,11H2,(H2,20,26)(H,21,27)(H,22,23,24). The molecular formula is C19H17N5O3. The van der Waals surface area contributed by atoms with Gasteiger partial charge in [0.25, 0.3) is 11.8 Å². The molecule has 2 aromatic carbocycles. The molecular weight excluding hydrogens is 346 g/mol. The summed E-state index contributed by atoms with van der Waals surface area (Å²) in [5, 5.41) is 12.8. The van der Waals surface area contributed by atoms with Gasteiger partial charge < -0.3 is 11.1 Å². The average molecular weight is 363 g/mol. The quantitative estimate of drug-likeness (QED) is 0.536. The molecule has 136 valence electrons. The molecule has 0 aliphatic heterocycles. The van der Waals surface area contributed by atoms with Crippen molar-refractivity contribution in [3.63, 3.8) is 0 Å². The van der Waals surface area contributed by atoms with Crippen molar-refractivity contribution < 1.29 is 14.4 Å². The van der Waals surface area contributed by atoms with Crippen LogP contribution in [0, 0.1) is 0 Å². The fourth-order valence-corrected chi connectivity index (χ4v) is 2.64. The summed E-state index contributed by atoms with van der Waals surface area (Å²) in [6.07, 6.45) is 0.132. The van der Waals surface area contributed by atoms with Crippen molar-refractivity contribution in [1.82, 2.24) is 20.7 Å². The Bertz CT molecular complexity index is 954. The van der Waals surface area contributed by atoms with Gasteiger partial charge in [-0.2, -0.15) is 15.4 Å². The molecule has 0 radical (unpaired) electrons. The summed E-state index contributed by atoms with van der Waals surface area (Å²) >= 11 is 0. The molecule has 0 aliphatic rings. The third-order valence-electron chi connectivity index (χ3n) is 3.96. The number of hydrogen-bond acceptors (Lipinski definition) is 5. The van der Waals surface area contributed by atoms with Gasteiger partial charge in [0.05, 0.1) is 0 Å². The monoisotopic (exact) mass is 363 g/mol. The Kier molecular flexibility index (Phi) is 5.36. The minimum Gasteiger partial charge on any atom is -0.363 e. The van der Waals surface area contributed by atoms with E-state index in [9.17, 15) is 14.4 Å². The van der Waals surface area contributed by atoms with Crippen molar-refractivity contribution >= 4 is 17.6 Å². The van der Waals surface area contributed by atoms with Gasteiger partial charge >= 0.3 is 0 Å². The van der Waals surface area contributed by atoms with Crippen LogP contribution in [0.5, 0.6) is 0 Å². The molecule has 8 heteroatoms. The summed E-state index contributed by atoms with van der Waals surface area (Å²) < 4.78 is 0. The normalized spacial score (nSPS) is 11.6. The van der Waals surface area contributed by atoms with Gasteiger partial charge in [-0.1, -0.05) is 60.7 Å². The Morgan fingerprint density at radius 2 is 1.59 bits per heavy atom. The van der Waals surface area contributed by atoms with E-state index in [0.29, 0.717) is 11.3 Å². The highest BCUT2D eigenvalue weighted by atomic mass is 16.2. The Morgan fingerprint density at radius 3 is 2.22 bits per heavy atom. The molecule has 0 aliphatic carbocycles. The van der Waals surface area contributed by atoms with Crippen LogP contribution >= 0.6 is 0 Å². The maximum atomic E-state index is 12.7. The van der Waals surface area contributed by atoms with E-state index in [4.69, 9.17) is 5.73 Å². The Morgan fingerprint density at radius 1 is 0.963 bits per heavy atom. The largest absolute Gasteiger partial charge is 0.363 e. The summed E-state index contributed by atoms with van der Waals surface area (Å²) in [5.41, 5.74) is 6.97. The second-order valence-corrected chi connectivity index (χ2v) is 5.83. The Hall–Kier alpha value is -3.81. The van der Waals surface area contributed by atoms with Gasteiger partial charge in [0.15, 0.2) is 5.69 Å². The van der Waals surface area contributed by atoms with Crippen LogP contribution in [-0.4, -0.2) is 39.1 Å². The number of carbonyl (C=O) groups is 3. The van der Waals surface area contributed by atoms with Crippen LogP contribution in [0.15, 0.2) is 60.7 Å². The molecule has 0 spiro atoms. The van der Waals surface area contributed by atoms with Crippen LogP contribution in [0.25, 0.3) is 11.3 Å². The highest BCUT2D eigenvalue weighted by Gasteiger charge is 2.28. The van der Waals surface area contributed by atoms with E-state index in [1.54, 1.807) is 48.5 Å². The molecule has 1 unspecified atom stereocenters. The van der Waals surface area contributed by atoms with Crippen LogP contribution < -0.4 is 11.1 Å². The van der Waals surface area contributed by atoms with Crippen LogP contribution in [0.1, 0.15) is 16.1 Å². The van der Waals surface area contributed by atoms with Gasteiger partial charge in [-0.25, -0.2) is 0 Å². The number of rotatable bonds is 7. The Labute approximate surface area is 154 Å². The number of Topliss-reactive ketones (excluding diaryl/α,β-unsaturated/α-hetero) is 1. The summed E-state index contributed by atoms with van der Waals surface area (Å²) in [6, 6.07) is 16.9. The lowest BCUT2D eigenvalue weighted by atomic mass is 10.0. The minimum atomic E-state index is -1.11. The van der Waals surface area contributed by atoms with E-state index < -0.39 is 23.6 Å². The van der Waals surface area contributed by atoms with Crippen LogP contribution in [0.2, 0.25) is 0 Å². The molecule has 0 bridgehead atoms. The summed E-state index contributed by atoms with van der Waals surface area (Å²) in [4.78, 5) is 36.2. The van der Waals surface area contributed by atoms with Crippen LogP contribution in [0.4, 0.5) is 0 Å². The maximum absolute atomic E-state index is 12.7. The number of hydrogen-bond donors (Lipinski definition) is 3. The number of aromatic amines is 1. The zero-order valence-corrected chi connectivity index (χ0v) is 14.3. The molecule has 1 atom stereocenters. The molecule has 2 amide bonds. The Balaban J connectivity index is 1.84. The van der Waals surface area contributed by atoms with E-state index in [1.807, 2.05) is 12.1 Å². The smallest absolute Gasteiger partial charge is 0.287 e. The minimum absolute atomic E-state index is 0.0246. The number of benzene rings is 2. The third-order valence-corrected chi connectivity index (χ3v) is 3.96. The van der Waals surface area contributed by atoms with E-state index in [0.717, 1.165) is 5.56 Å². The first-order valence-corrected chi connectivity index (χ1v) is 8.21. The second kappa shape index (κ2) is 8.05. The van der Waals surface area contributed by atoms with Gasteiger partial charge in [0.2, 0.25) is 5.78 Å². The lowest BCUT2D eigenvalue weighted by Gasteiger charge is -2.16. The van der Waals surface area contributed by atoms with Crippen molar-refractivity contribution in [3.8, 4) is 11.3 Å². The third kappa shape index (κ3) is 4.24. The van der Waals surface area contributed by atoms with E-state index in [1.165, 1.54) is 0 Å². The molecule has 0 fully saturated rings. The molecule has 4 N–H and O–H groups in total. The molecule has 0 saturated carbocycles. The van der Waals surface area contributed by atoms with Gasteiger partial charge in [0, 0.05) is 12.0 Å². The topological polar surface area (TPSA) is 131 Å². The first-order chi connectivity index (χ1) is 13.1. The van der Waals surface area contributed by atoms with E-state index >= 15 is 0 Å². The van der Waals surface area contributed by atoms with Gasteiger partial charge in [-0.05, 0) is 5.56 Å². The van der Waals surface area contributed by atoms with Crippen LogP contribution in [0.3, 0.4) is 0 Å². The average Bonchev–Trinajstić information content (AvgIpc) is 3.18. The summed E-state index contributed by atoms with van der Waals surface area (Å²) in [5.74, 6) is -2.62. The number of carbonyl (C=O) groups excluding carboxylic acids is 3. The van der Waals surface area contributed by atoms with Gasteiger partial charge in [0.1, 0.15) is 11.7 Å². The number of amides is 2. The number of primary amides is 1. The maximum Gasteiger partial charge on any atom is 0.287 e. The number of nitrogens with two attached hydrogens (primary N) is 1. The zero-order valence-electron chi connectivity index (χ0n) is 14.3. The lowest BCUT2D eigenvalue weighted by Crippen LogP contribution is -2.47. The molecule has 1 heterocycles.